The molecule has 0 spiro atoms. The molecule has 0 unspecified atom stereocenters. The first-order valence-electron chi connectivity index (χ1n) is 8.53. The van der Waals surface area contributed by atoms with Crippen LogP contribution < -0.4 is 15.4 Å². The number of guanidine groups is 1. The van der Waals surface area contributed by atoms with E-state index in [0.29, 0.717) is 24.9 Å². The normalized spacial score (nSPS) is 12.4. The highest BCUT2D eigenvalue weighted by Gasteiger charge is 2.22. The Morgan fingerprint density at radius 3 is 2.43 bits per heavy atom. The van der Waals surface area contributed by atoms with Crippen molar-refractivity contribution < 1.29 is 12.8 Å². The molecule has 10 heteroatoms. The van der Waals surface area contributed by atoms with Crippen molar-refractivity contribution in [2.75, 3.05) is 19.8 Å². The molecular weight excluding hydrogens is 493 g/mol. The third kappa shape index (κ3) is 8.15. The number of nitrogens with zero attached hydrogens (tertiary/aromatic N) is 2. The minimum Gasteiger partial charge on any atom is -0.444 e. The van der Waals surface area contributed by atoms with Crippen molar-refractivity contribution in [3.05, 3.63) is 41.8 Å². The summed E-state index contributed by atoms with van der Waals surface area (Å²) in [4.78, 5) is 8.61. The zero-order chi connectivity index (χ0) is 20.1. The summed E-state index contributed by atoms with van der Waals surface area (Å²) in [5.74, 6) is 1.10. The molecule has 0 fully saturated rings. The van der Waals surface area contributed by atoms with Crippen molar-refractivity contribution in [1.29, 1.82) is 0 Å². The Kier molecular flexibility index (Phi) is 8.89. The van der Waals surface area contributed by atoms with E-state index in [1.807, 2.05) is 31.2 Å². The van der Waals surface area contributed by atoms with Crippen LogP contribution in [0.1, 0.15) is 25.1 Å². The third-order valence-corrected chi connectivity index (χ3v) is 4.59. The Morgan fingerprint density at radius 1 is 1.21 bits per heavy atom. The molecular formula is C18H28IN5O3S. The average Bonchev–Trinajstić information content (AvgIpc) is 3.02. The van der Waals surface area contributed by atoms with Crippen LogP contribution >= 0.6 is 24.0 Å². The second-order valence-corrected chi connectivity index (χ2v) is 8.80. The summed E-state index contributed by atoms with van der Waals surface area (Å²) < 4.78 is 30.9. The standard InChI is InChI=1S/C18H27N5O3S.HI/c1-13-6-8-14(9-7-13)16-22-15(11-26-16)10-20-17(19-4)21-12-18(2,3)23-27(5,24)25;/h6-9,11,23H,10,12H2,1-5H3,(H2,19,20,21);1H. The Bertz CT molecular complexity index is 892. The number of rotatable bonds is 7. The number of aliphatic imine (C=N–C) groups is 1. The summed E-state index contributed by atoms with van der Waals surface area (Å²) in [6.45, 7) is 6.40. The largest absolute Gasteiger partial charge is 0.444 e. The van der Waals surface area contributed by atoms with Crippen LogP contribution in [0.4, 0.5) is 0 Å². The fourth-order valence-corrected chi connectivity index (χ4v) is 3.53. The summed E-state index contributed by atoms with van der Waals surface area (Å²) >= 11 is 0. The predicted octanol–water partition coefficient (Wildman–Crippen LogP) is 2.26. The first-order valence-corrected chi connectivity index (χ1v) is 10.4. The zero-order valence-electron chi connectivity index (χ0n) is 16.7. The lowest BCUT2D eigenvalue weighted by atomic mass is 10.1. The molecule has 0 bridgehead atoms. The van der Waals surface area contributed by atoms with E-state index >= 15 is 0 Å². The first-order chi connectivity index (χ1) is 12.6. The van der Waals surface area contributed by atoms with E-state index in [9.17, 15) is 8.42 Å². The van der Waals surface area contributed by atoms with Crippen LogP contribution in [0.25, 0.3) is 11.5 Å². The smallest absolute Gasteiger partial charge is 0.226 e. The van der Waals surface area contributed by atoms with Gasteiger partial charge in [-0.1, -0.05) is 17.7 Å². The molecule has 2 rings (SSSR count). The first kappa shape index (κ1) is 24.4. The second-order valence-electron chi connectivity index (χ2n) is 7.05. The van der Waals surface area contributed by atoms with E-state index in [1.54, 1.807) is 27.2 Å². The van der Waals surface area contributed by atoms with E-state index in [2.05, 4.69) is 25.3 Å². The van der Waals surface area contributed by atoms with E-state index in [4.69, 9.17) is 4.42 Å². The molecule has 1 aromatic heterocycles. The van der Waals surface area contributed by atoms with E-state index in [1.165, 1.54) is 5.56 Å². The van der Waals surface area contributed by atoms with Gasteiger partial charge in [-0.15, -0.1) is 24.0 Å². The Hall–Kier alpha value is -1.66. The van der Waals surface area contributed by atoms with Gasteiger partial charge in [0.25, 0.3) is 0 Å². The molecule has 1 heterocycles. The molecule has 8 nitrogen and oxygen atoms in total. The van der Waals surface area contributed by atoms with Crippen LogP contribution in [0.2, 0.25) is 0 Å². The molecule has 2 aromatic rings. The van der Waals surface area contributed by atoms with E-state index in [-0.39, 0.29) is 24.0 Å². The van der Waals surface area contributed by atoms with Crippen molar-refractivity contribution in [1.82, 2.24) is 20.3 Å². The molecule has 1 aromatic carbocycles. The Morgan fingerprint density at radius 2 is 1.86 bits per heavy atom. The van der Waals surface area contributed by atoms with Gasteiger partial charge < -0.3 is 15.1 Å². The highest BCUT2D eigenvalue weighted by molar-refractivity contribution is 14.0. The number of oxazole rings is 1. The fraction of sp³-hybridized carbons (Fsp3) is 0.444. The molecule has 28 heavy (non-hydrogen) atoms. The average molecular weight is 521 g/mol. The van der Waals surface area contributed by atoms with E-state index in [0.717, 1.165) is 17.5 Å². The molecule has 0 atom stereocenters. The molecule has 0 amide bonds. The number of aromatic nitrogens is 1. The van der Waals surface area contributed by atoms with Gasteiger partial charge in [0.1, 0.15) is 6.26 Å². The van der Waals surface area contributed by atoms with Crippen LogP contribution in [-0.4, -0.2) is 44.7 Å². The van der Waals surface area contributed by atoms with Gasteiger partial charge in [0.05, 0.1) is 18.5 Å². The SMILES string of the molecule is CN=C(NCc1coc(-c2ccc(C)cc2)n1)NCC(C)(C)NS(C)(=O)=O.I. The molecule has 156 valence electrons. The number of hydrogen-bond donors (Lipinski definition) is 3. The minimum absolute atomic E-state index is 0. The fourth-order valence-electron chi connectivity index (χ4n) is 2.45. The monoisotopic (exact) mass is 521 g/mol. The molecule has 0 saturated carbocycles. The molecule has 0 saturated heterocycles. The minimum atomic E-state index is -3.29. The summed E-state index contributed by atoms with van der Waals surface area (Å²) in [6, 6.07) is 7.95. The number of halogens is 1. The van der Waals surface area contributed by atoms with Gasteiger partial charge in [-0.25, -0.2) is 18.1 Å². The number of aryl methyl sites for hydroxylation is 1. The Balaban J connectivity index is 0.00000392. The van der Waals surface area contributed by atoms with Gasteiger partial charge in [-0.05, 0) is 32.9 Å². The van der Waals surface area contributed by atoms with Crippen molar-refractivity contribution in [2.45, 2.75) is 32.9 Å². The lowest BCUT2D eigenvalue weighted by Gasteiger charge is -2.26. The van der Waals surface area contributed by atoms with Crippen LogP contribution in [0.3, 0.4) is 0 Å². The molecule has 0 radical (unpaired) electrons. The van der Waals surface area contributed by atoms with Crippen LogP contribution in [-0.2, 0) is 16.6 Å². The zero-order valence-corrected chi connectivity index (χ0v) is 19.9. The lowest BCUT2D eigenvalue weighted by Crippen LogP contribution is -2.52. The van der Waals surface area contributed by atoms with Crippen molar-refractivity contribution in [3.63, 3.8) is 0 Å². The van der Waals surface area contributed by atoms with Crippen molar-refractivity contribution in [2.24, 2.45) is 4.99 Å². The summed E-state index contributed by atoms with van der Waals surface area (Å²) in [5.41, 5.74) is 2.18. The maximum Gasteiger partial charge on any atom is 0.226 e. The van der Waals surface area contributed by atoms with Gasteiger partial charge in [0.2, 0.25) is 15.9 Å². The summed E-state index contributed by atoms with van der Waals surface area (Å²) in [7, 11) is -1.65. The predicted molar refractivity (Wildman–Crippen MR) is 122 cm³/mol. The highest BCUT2D eigenvalue weighted by atomic mass is 127. The lowest BCUT2D eigenvalue weighted by molar-refractivity contribution is 0.446. The Labute approximate surface area is 183 Å². The summed E-state index contributed by atoms with van der Waals surface area (Å²) in [5, 5.41) is 6.23. The number of benzene rings is 1. The van der Waals surface area contributed by atoms with E-state index < -0.39 is 15.6 Å². The highest BCUT2D eigenvalue weighted by Crippen LogP contribution is 2.18. The van der Waals surface area contributed by atoms with Gasteiger partial charge in [-0.3, -0.25) is 4.99 Å². The molecule has 3 N–H and O–H groups in total. The maximum atomic E-state index is 11.4. The number of nitrogens with one attached hydrogen (secondary N) is 3. The number of hydrogen-bond acceptors (Lipinski definition) is 5. The van der Waals surface area contributed by atoms with Crippen LogP contribution in [0.5, 0.6) is 0 Å². The van der Waals surface area contributed by atoms with Crippen molar-refractivity contribution >= 4 is 40.0 Å². The number of sulfonamides is 1. The van der Waals surface area contributed by atoms with Crippen molar-refractivity contribution in [3.8, 4) is 11.5 Å². The molecule has 0 aliphatic carbocycles. The topological polar surface area (TPSA) is 109 Å². The third-order valence-electron chi connectivity index (χ3n) is 3.67. The molecule has 0 aliphatic heterocycles. The maximum absolute atomic E-state index is 11.4. The van der Waals surface area contributed by atoms with Gasteiger partial charge in [0, 0.05) is 24.7 Å². The van der Waals surface area contributed by atoms with Crippen LogP contribution in [0, 0.1) is 6.92 Å². The summed E-state index contributed by atoms with van der Waals surface area (Å²) in [6.07, 6.45) is 2.74. The second kappa shape index (κ2) is 10.2. The van der Waals surface area contributed by atoms with Gasteiger partial charge in [-0.2, -0.15) is 0 Å². The van der Waals surface area contributed by atoms with Gasteiger partial charge >= 0.3 is 0 Å². The van der Waals surface area contributed by atoms with Crippen LogP contribution in [0.15, 0.2) is 39.9 Å². The van der Waals surface area contributed by atoms with Gasteiger partial charge in [0.15, 0.2) is 5.96 Å². The quantitative estimate of drug-likeness (QED) is 0.293. The molecule has 0 aliphatic rings.